The Balaban J connectivity index is 2.54. The number of nitrogens with one attached hydrogen (secondary N) is 1. The first kappa shape index (κ1) is 22.7. The Morgan fingerprint density at radius 3 is 2.30 bits per heavy atom. The van der Waals surface area contributed by atoms with Gasteiger partial charge in [0, 0.05) is 31.8 Å². The van der Waals surface area contributed by atoms with Crippen LogP contribution >= 0.6 is 11.6 Å². The molecule has 1 amide bonds. The fourth-order valence-electron chi connectivity index (χ4n) is 2.70. The van der Waals surface area contributed by atoms with Crippen molar-refractivity contribution in [1.29, 1.82) is 0 Å². The van der Waals surface area contributed by atoms with Crippen molar-refractivity contribution in [1.82, 2.24) is 0 Å². The molecule has 0 spiro atoms. The summed E-state index contributed by atoms with van der Waals surface area (Å²) in [5, 5.41) is 32.4. The van der Waals surface area contributed by atoms with Crippen molar-refractivity contribution in [3.63, 3.8) is 0 Å². The Kier molecular flexibility index (Phi) is 7.37. The topological polar surface area (TPSA) is 143 Å². The van der Waals surface area contributed by atoms with E-state index in [1.54, 1.807) is 18.2 Å². The molecular formula is C18H19ClN6O5. The van der Waals surface area contributed by atoms with Gasteiger partial charge in [-0.05, 0) is 32.0 Å². The highest BCUT2D eigenvalue weighted by Crippen LogP contribution is 2.40. The number of carbonyl (C=O) groups excluding carboxylic acids is 1. The number of hydrogen-bond donors (Lipinski definition) is 1. The summed E-state index contributed by atoms with van der Waals surface area (Å²) in [6.45, 7) is 6.82. The van der Waals surface area contributed by atoms with Crippen LogP contribution in [0.1, 0.15) is 20.8 Å². The SMILES string of the molecule is CCN(CC)c1ccc(N=Nc2c(Cl)cc([N+](=O)[O-])cc2[N+](=O)[O-])c(NC(C)=O)c1. The normalized spacial score (nSPS) is 10.8. The molecule has 0 saturated carbocycles. The fourth-order valence-corrected chi connectivity index (χ4v) is 2.95. The molecule has 2 rings (SSSR count). The van der Waals surface area contributed by atoms with Gasteiger partial charge in [-0.15, -0.1) is 10.2 Å². The average molecular weight is 435 g/mol. The van der Waals surface area contributed by atoms with E-state index in [0.717, 1.165) is 30.9 Å². The summed E-state index contributed by atoms with van der Waals surface area (Å²) in [6, 6.07) is 6.82. The molecule has 0 aromatic heterocycles. The van der Waals surface area contributed by atoms with Gasteiger partial charge in [-0.2, -0.15) is 0 Å². The van der Waals surface area contributed by atoms with Crippen LogP contribution in [0.3, 0.4) is 0 Å². The predicted octanol–water partition coefficient (Wildman–Crippen LogP) is 5.38. The van der Waals surface area contributed by atoms with E-state index in [2.05, 4.69) is 20.4 Å². The largest absolute Gasteiger partial charge is 0.372 e. The Labute approximate surface area is 176 Å². The van der Waals surface area contributed by atoms with Crippen molar-refractivity contribution in [2.24, 2.45) is 10.2 Å². The van der Waals surface area contributed by atoms with Crippen LogP contribution in [0.5, 0.6) is 0 Å². The number of nitro groups is 2. The molecule has 12 heteroatoms. The highest BCUT2D eigenvalue weighted by molar-refractivity contribution is 6.33. The van der Waals surface area contributed by atoms with Gasteiger partial charge in [-0.25, -0.2) is 0 Å². The first-order chi connectivity index (χ1) is 14.2. The van der Waals surface area contributed by atoms with Gasteiger partial charge in [0.1, 0.15) is 5.69 Å². The molecule has 2 aromatic carbocycles. The van der Waals surface area contributed by atoms with Crippen LogP contribution < -0.4 is 10.2 Å². The van der Waals surface area contributed by atoms with Gasteiger partial charge < -0.3 is 10.2 Å². The van der Waals surface area contributed by atoms with E-state index in [1.165, 1.54) is 6.92 Å². The maximum Gasteiger partial charge on any atom is 0.305 e. The Bertz CT molecular complexity index is 1020. The van der Waals surface area contributed by atoms with Crippen LogP contribution in [0.4, 0.5) is 34.1 Å². The number of nitrogens with zero attached hydrogens (tertiary/aromatic N) is 5. The number of azo groups is 1. The number of amides is 1. The third-order valence-corrected chi connectivity index (χ3v) is 4.40. The van der Waals surface area contributed by atoms with Crippen molar-refractivity contribution in [3.8, 4) is 0 Å². The van der Waals surface area contributed by atoms with Crippen LogP contribution in [0, 0.1) is 20.2 Å². The molecule has 0 radical (unpaired) electrons. The van der Waals surface area contributed by atoms with Gasteiger partial charge in [0.05, 0.1) is 26.6 Å². The van der Waals surface area contributed by atoms with E-state index < -0.39 is 21.2 Å². The van der Waals surface area contributed by atoms with Gasteiger partial charge >= 0.3 is 5.69 Å². The maximum absolute atomic E-state index is 11.6. The molecule has 0 atom stereocenters. The van der Waals surface area contributed by atoms with Crippen molar-refractivity contribution < 1.29 is 14.6 Å². The zero-order chi connectivity index (χ0) is 22.4. The zero-order valence-electron chi connectivity index (χ0n) is 16.5. The summed E-state index contributed by atoms with van der Waals surface area (Å²) in [7, 11) is 0. The Morgan fingerprint density at radius 2 is 1.77 bits per heavy atom. The Morgan fingerprint density at radius 1 is 1.10 bits per heavy atom. The quantitative estimate of drug-likeness (QED) is 0.335. The third kappa shape index (κ3) is 5.26. The first-order valence-electron chi connectivity index (χ1n) is 8.88. The standard InChI is InChI=1S/C18H19ClN6O5/c1-4-23(5-2)12-6-7-15(16(9-12)20-11(3)26)21-22-18-14(19)8-13(24(27)28)10-17(18)25(29)30/h6-10H,4-5H2,1-3H3,(H,20,26). The molecule has 11 nitrogen and oxygen atoms in total. The van der Waals surface area contributed by atoms with E-state index in [-0.39, 0.29) is 22.3 Å². The molecular weight excluding hydrogens is 416 g/mol. The maximum atomic E-state index is 11.6. The second-order valence-corrected chi connectivity index (χ2v) is 6.47. The molecule has 0 unspecified atom stereocenters. The van der Waals surface area contributed by atoms with E-state index in [1.807, 2.05) is 13.8 Å². The van der Waals surface area contributed by atoms with Crippen molar-refractivity contribution in [2.75, 3.05) is 23.3 Å². The Hall–Kier alpha value is -3.60. The van der Waals surface area contributed by atoms with Gasteiger partial charge in [0.15, 0.2) is 5.69 Å². The zero-order valence-corrected chi connectivity index (χ0v) is 17.2. The summed E-state index contributed by atoms with van der Waals surface area (Å²) >= 11 is 5.98. The predicted molar refractivity (Wildman–Crippen MR) is 113 cm³/mol. The molecule has 0 bridgehead atoms. The second-order valence-electron chi connectivity index (χ2n) is 6.06. The average Bonchev–Trinajstić information content (AvgIpc) is 2.67. The molecule has 0 heterocycles. The number of nitro benzene ring substituents is 2. The summed E-state index contributed by atoms with van der Waals surface area (Å²) in [6.07, 6.45) is 0. The summed E-state index contributed by atoms with van der Waals surface area (Å²) in [5.74, 6) is -0.331. The molecule has 0 aliphatic carbocycles. The monoisotopic (exact) mass is 434 g/mol. The van der Waals surface area contributed by atoms with E-state index in [9.17, 15) is 25.0 Å². The second kappa shape index (κ2) is 9.74. The van der Waals surface area contributed by atoms with Crippen molar-refractivity contribution in [3.05, 3.63) is 55.6 Å². The minimum atomic E-state index is -0.828. The molecule has 0 saturated heterocycles. The van der Waals surface area contributed by atoms with E-state index in [0.29, 0.717) is 5.69 Å². The lowest BCUT2D eigenvalue weighted by atomic mass is 10.2. The van der Waals surface area contributed by atoms with Crippen LogP contribution in [-0.4, -0.2) is 28.8 Å². The summed E-state index contributed by atoms with van der Waals surface area (Å²) in [5.41, 5.74) is -0.0657. The van der Waals surface area contributed by atoms with Crippen LogP contribution in [0.25, 0.3) is 0 Å². The molecule has 0 aliphatic rings. The lowest BCUT2D eigenvalue weighted by Crippen LogP contribution is -2.21. The number of benzene rings is 2. The van der Waals surface area contributed by atoms with Crippen molar-refractivity contribution in [2.45, 2.75) is 20.8 Å². The van der Waals surface area contributed by atoms with Gasteiger partial charge in [-0.3, -0.25) is 25.0 Å². The number of non-ortho nitro benzene ring substituents is 1. The lowest BCUT2D eigenvalue weighted by molar-refractivity contribution is -0.393. The molecule has 2 aromatic rings. The van der Waals surface area contributed by atoms with Crippen molar-refractivity contribution >= 4 is 51.6 Å². The summed E-state index contributed by atoms with van der Waals surface area (Å²) in [4.78, 5) is 34.3. The van der Waals surface area contributed by atoms with Crippen LogP contribution in [0.15, 0.2) is 40.6 Å². The lowest BCUT2D eigenvalue weighted by Gasteiger charge is -2.22. The number of halogens is 1. The highest BCUT2D eigenvalue weighted by atomic mass is 35.5. The smallest absolute Gasteiger partial charge is 0.305 e. The van der Waals surface area contributed by atoms with E-state index >= 15 is 0 Å². The third-order valence-electron chi connectivity index (χ3n) is 4.11. The van der Waals surface area contributed by atoms with Crippen LogP contribution in [-0.2, 0) is 4.79 Å². The highest BCUT2D eigenvalue weighted by Gasteiger charge is 2.24. The minimum Gasteiger partial charge on any atom is -0.372 e. The number of hydrogen-bond acceptors (Lipinski definition) is 8. The summed E-state index contributed by atoms with van der Waals surface area (Å²) < 4.78 is 0. The van der Waals surface area contributed by atoms with E-state index in [4.69, 9.17) is 11.6 Å². The van der Waals surface area contributed by atoms with Gasteiger partial charge in [0.2, 0.25) is 5.91 Å². The number of rotatable bonds is 8. The van der Waals surface area contributed by atoms with Crippen LogP contribution in [0.2, 0.25) is 5.02 Å². The fraction of sp³-hybridized carbons (Fsp3) is 0.278. The molecule has 0 fully saturated rings. The molecule has 0 aliphatic heterocycles. The van der Waals surface area contributed by atoms with Gasteiger partial charge in [-0.1, -0.05) is 11.6 Å². The molecule has 30 heavy (non-hydrogen) atoms. The molecule has 1 N–H and O–H groups in total. The number of anilines is 2. The minimum absolute atomic E-state index is 0.241. The molecule has 158 valence electrons. The number of carbonyl (C=O) groups is 1. The first-order valence-corrected chi connectivity index (χ1v) is 9.26. The van der Waals surface area contributed by atoms with Gasteiger partial charge in [0.25, 0.3) is 5.69 Å².